The van der Waals surface area contributed by atoms with Crippen molar-refractivity contribution in [1.29, 1.82) is 0 Å². The maximum Gasteiger partial charge on any atom is 0.354 e. The number of carbonyl (C=O) groups excluding carboxylic acids is 3. The van der Waals surface area contributed by atoms with Crippen molar-refractivity contribution in [3.05, 3.63) is 82.2 Å². The van der Waals surface area contributed by atoms with E-state index in [-0.39, 0.29) is 35.1 Å². The number of carboxylic acid groups (broad SMARTS) is 1. The molecule has 25 heteroatoms. The number of para-hydroxylation sites is 2. The van der Waals surface area contributed by atoms with Crippen LogP contribution in [0.25, 0.3) is 0 Å². The second-order valence-electron chi connectivity index (χ2n) is 17.7. The Morgan fingerprint density at radius 1 is 0.575 bits per heavy atom. The molecular formula is C48H76N10O13S2. The molecule has 2 aromatic heterocycles. The summed E-state index contributed by atoms with van der Waals surface area (Å²) in [5, 5.41) is 24.2. The van der Waals surface area contributed by atoms with E-state index in [1.807, 2.05) is 101 Å². The number of carboxylic acids is 1. The zero-order valence-corrected chi connectivity index (χ0v) is 46.1. The minimum absolute atomic E-state index is 0.0511. The Hall–Kier alpha value is -5.96. The Balaban J connectivity index is 0.000000436. The van der Waals surface area contributed by atoms with Crippen LogP contribution in [-0.2, 0) is 53.1 Å². The number of nitrogens with one attached hydrogen (secondary N) is 5. The molecular weight excluding hydrogens is 989 g/mol. The van der Waals surface area contributed by atoms with Crippen LogP contribution in [0.3, 0.4) is 0 Å². The maximum absolute atomic E-state index is 13.0. The van der Waals surface area contributed by atoms with Gasteiger partial charge >= 0.3 is 18.0 Å². The van der Waals surface area contributed by atoms with E-state index < -0.39 is 54.0 Å². The normalized spacial score (nSPS) is 11.5. The Morgan fingerprint density at radius 2 is 0.904 bits per heavy atom. The molecule has 0 saturated heterocycles. The van der Waals surface area contributed by atoms with Crippen molar-refractivity contribution in [3.63, 3.8) is 0 Å². The topological polar surface area (TPSA) is 293 Å². The average molecular weight is 1070 g/mol. The molecule has 6 N–H and O–H groups in total. The summed E-state index contributed by atoms with van der Waals surface area (Å²) < 4.78 is 76.5. The summed E-state index contributed by atoms with van der Waals surface area (Å²) in [4.78, 5) is 50.8. The minimum Gasteiger partial charge on any atom is -0.477 e. The van der Waals surface area contributed by atoms with Gasteiger partial charge in [0.05, 0.1) is 26.4 Å². The Labute approximate surface area is 430 Å². The monoisotopic (exact) mass is 1060 g/mol. The van der Waals surface area contributed by atoms with Crippen molar-refractivity contribution in [1.82, 2.24) is 39.2 Å². The number of anilines is 2. The van der Waals surface area contributed by atoms with Crippen LogP contribution >= 0.6 is 0 Å². The van der Waals surface area contributed by atoms with E-state index in [4.69, 9.17) is 24.1 Å². The highest BCUT2D eigenvalue weighted by atomic mass is 32.2. The molecule has 2 heterocycles. The number of ether oxygens (including phenoxy) is 4. The van der Waals surface area contributed by atoms with Gasteiger partial charge in [0.25, 0.3) is 26.0 Å². The number of rotatable bonds is 24. The lowest BCUT2D eigenvalue weighted by atomic mass is 9.93. The van der Waals surface area contributed by atoms with Crippen molar-refractivity contribution < 1.29 is 60.1 Å². The number of urea groups is 2. The van der Waals surface area contributed by atoms with Crippen molar-refractivity contribution in [2.45, 2.75) is 89.1 Å². The summed E-state index contributed by atoms with van der Waals surface area (Å²) in [5.74, 6) is -1.32. The molecule has 4 rings (SSSR count). The molecule has 5 amide bonds. The predicted molar refractivity (Wildman–Crippen MR) is 278 cm³/mol. The van der Waals surface area contributed by atoms with Crippen LogP contribution in [0.15, 0.2) is 58.6 Å². The lowest BCUT2D eigenvalue weighted by Crippen LogP contribution is -2.37. The molecule has 0 aliphatic rings. The summed E-state index contributed by atoms with van der Waals surface area (Å²) in [6, 6.07) is 11.5. The van der Waals surface area contributed by atoms with Gasteiger partial charge in [-0.25, -0.2) is 23.8 Å². The molecule has 2 aromatic carbocycles. The number of aromatic carboxylic acids is 1. The number of sulfonamides is 2. The van der Waals surface area contributed by atoms with E-state index in [0.717, 1.165) is 65.4 Å². The minimum atomic E-state index is -4.35. The molecule has 23 nitrogen and oxygen atoms in total. The van der Waals surface area contributed by atoms with Gasteiger partial charge in [-0.2, -0.15) is 27.0 Å². The van der Waals surface area contributed by atoms with Crippen LogP contribution in [0.1, 0.15) is 122 Å². The van der Waals surface area contributed by atoms with Gasteiger partial charge in [0.1, 0.15) is 11.4 Å². The molecule has 0 unspecified atom stereocenters. The van der Waals surface area contributed by atoms with Crippen LogP contribution in [-0.4, -0.2) is 151 Å². The number of aryl methyl sites for hydroxylation is 2. The van der Waals surface area contributed by atoms with Crippen LogP contribution < -0.4 is 25.4 Å². The highest BCUT2D eigenvalue weighted by Crippen LogP contribution is 2.34. The maximum atomic E-state index is 13.0. The van der Waals surface area contributed by atoms with Crippen molar-refractivity contribution >= 4 is 55.4 Å². The number of methoxy groups -OCH3 is 4. The van der Waals surface area contributed by atoms with Gasteiger partial charge in [0.2, 0.25) is 0 Å². The number of hydrogen-bond donors (Lipinski definition) is 6. The zero-order chi connectivity index (χ0) is 55.2. The van der Waals surface area contributed by atoms with E-state index in [1.165, 1.54) is 37.9 Å². The zero-order valence-electron chi connectivity index (χ0n) is 44.5. The lowest BCUT2D eigenvalue weighted by Gasteiger charge is -2.21. The summed E-state index contributed by atoms with van der Waals surface area (Å²) in [6.45, 7) is 20.4. The van der Waals surface area contributed by atoms with Gasteiger partial charge < -0.3 is 44.9 Å². The average Bonchev–Trinajstić information content (AvgIpc) is 3.92. The van der Waals surface area contributed by atoms with Gasteiger partial charge in [-0.3, -0.25) is 14.2 Å². The Bertz CT molecular complexity index is 2580. The first kappa shape index (κ1) is 63.2. The van der Waals surface area contributed by atoms with Gasteiger partial charge in [0.15, 0.2) is 10.1 Å². The summed E-state index contributed by atoms with van der Waals surface area (Å²) in [7, 11) is 0.501. The van der Waals surface area contributed by atoms with E-state index in [2.05, 4.69) is 26.1 Å². The fourth-order valence-corrected chi connectivity index (χ4v) is 8.71. The van der Waals surface area contributed by atoms with Crippen LogP contribution in [0.2, 0.25) is 0 Å². The summed E-state index contributed by atoms with van der Waals surface area (Å²) in [6.07, 6.45) is 0. The number of amides is 5. The first-order chi connectivity index (χ1) is 34.3. The SMILES string of the molecule is CC(C)c1cccc(C(C)C)c1NC(=O)NS(=O)(=O)c1cc(C(=O)O)n(C)n1.COCCN(CCOC)C(=O)c1cc(S(=O)(=O)NC(=O)Nc2c(C(C)C)cccc2C(C)C)nn1C.COCCNCCOC. The number of aromatic nitrogens is 4. The Morgan fingerprint density at radius 3 is 1.21 bits per heavy atom. The van der Waals surface area contributed by atoms with Gasteiger partial charge in [0, 0.05) is 92.2 Å². The van der Waals surface area contributed by atoms with E-state index in [1.54, 1.807) is 14.2 Å². The van der Waals surface area contributed by atoms with Crippen LogP contribution in [0, 0.1) is 0 Å². The van der Waals surface area contributed by atoms with Crippen LogP contribution in [0.5, 0.6) is 0 Å². The molecule has 0 aliphatic carbocycles. The molecule has 0 atom stereocenters. The molecule has 0 radical (unpaired) electrons. The summed E-state index contributed by atoms with van der Waals surface area (Å²) in [5.41, 5.74) is 4.43. The third kappa shape index (κ3) is 19.4. The fourth-order valence-electron chi connectivity index (χ4n) is 6.92. The number of nitrogens with zero attached hydrogens (tertiary/aromatic N) is 5. The molecule has 0 saturated carbocycles. The molecule has 408 valence electrons. The van der Waals surface area contributed by atoms with Crippen molar-refractivity contribution in [2.75, 3.05) is 91.7 Å². The van der Waals surface area contributed by atoms with Gasteiger partial charge in [-0.05, 0) is 45.9 Å². The first-order valence-corrected chi connectivity index (χ1v) is 26.4. The highest BCUT2D eigenvalue weighted by Gasteiger charge is 2.29. The smallest absolute Gasteiger partial charge is 0.354 e. The largest absolute Gasteiger partial charge is 0.477 e. The predicted octanol–water partition coefficient (Wildman–Crippen LogP) is 5.66. The standard InChI is InChI=1S/C24H37N5O6S.C18H24N4O5S.C6H15NO2/c1-16(2)18-9-8-10-19(17(3)4)22(18)25-24(31)27-36(32,33)21-15-20(28(5)26-21)23(30)29(11-13-34-6)12-14-35-7;1-10(2)12-7-6-8-13(11(3)4)16(12)19-18(25)21-28(26,27)15-9-14(17(23)24)22(5)20-15;1-8-5-3-7-4-6-9-2/h8-10,15-17H,11-14H2,1-7H3,(H2,25,27,31);6-11H,1-5H3,(H,23,24)(H2,19,21,25);7H,3-6H2,1-2H3. The van der Waals surface area contributed by atoms with E-state index in [0.29, 0.717) is 37.7 Å². The first-order valence-electron chi connectivity index (χ1n) is 23.5. The fraction of sp³-hybridized carbons (Fsp3) is 0.542. The second-order valence-corrected chi connectivity index (χ2v) is 20.9. The molecule has 0 spiro atoms. The van der Waals surface area contributed by atoms with Gasteiger partial charge in [-0.15, -0.1) is 0 Å². The second kappa shape index (κ2) is 30.3. The third-order valence-corrected chi connectivity index (χ3v) is 13.2. The molecule has 0 aliphatic heterocycles. The lowest BCUT2D eigenvalue weighted by molar-refractivity contribution is 0.0616. The third-order valence-electron chi connectivity index (χ3n) is 10.8. The van der Waals surface area contributed by atoms with Crippen molar-refractivity contribution in [2.24, 2.45) is 14.1 Å². The molecule has 73 heavy (non-hydrogen) atoms. The van der Waals surface area contributed by atoms with E-state index >= 15 is 0 Å². The quantitative estimate of drug-likeness (QED) is 0.0462. The molecule has 0 bridgehead atoms. The molecule has 0 fully saturated rings. The highest BCUT2D eigenvalue weighted by molar-refractivity contribution is 7.90. The Kier molecular flexibility index (Phi) is 26.2. The number of benzene rings is 2. The van der Waals surface area contributed by atoms with Gasteiger partial charge in [-0.1, -0.05) is 91.8 Å². The molecule has 4 aromatic rings. The summed E-state index contributed by atoms with van der Waals surface area (Å²) >= 11 is 0. The number of carbonyl (C=O) groups is 4. The van der Waals surface area contributed by atoms with E-state index in [9.17, 15) is 36.0 Å². The number of hydrogen-bond acceptors (Lipinski definition) is 15. The van der Waals surface area contributed by atoms with Crippen molar-refractivity contribution in [3.8, 4) is 0 Å². The van der Waals surface area contributed by atoms with Crippen LogP contribution in [0.4, 0.5) is 21.0 Å².